The summed E-state index contributed by atoms with van der Waals surface area (Å²) in [5, 5.41) is 16.8. The lowest BCUT2D eigenvalue weighted by molar-refractivity contribution is -0.142. The van der Waals surface area contributed by atoms with E-state index in [0.29, 0.717) is 25.7 Å². The molecule has 1 saturated carbocycles. The average molecular weight is 251 g/mol. The van der Waals surface area contributed by atoms with E-state index in [4.69, 9.17) is 10.2 Å². The Morgan fingerprint density at radius 2 is 1.81 bits per heavy atom. The van der Waals surface area contributed by atoms with Gasteiger partial charge in [0, 0.05) is 6.54 Å². The van der Waals surface area contributed by atoms with Gasteiger partial charge in [0.1, 0.15) is 0 Å². The van der Waals surface area contributed by atoms with Gasteiger partial charge in [-0.3, -0.25) is 4.79 Å². The first-order valence-electron chi connectivity index (χ1n) is 5.29. The number of carbonyl (C=O) groups is 1. The Kier molecular flexibility index (Phi) is 4.69. The van der Waals surface area contributed by atoms with Crippen LogP contribution in [-0.4, -0.2) is 43.0 Å². The van der Waals surface area contributed by atoms with Gasteiger partial charge in [-0.2, -0.15) is 0 Å². The molecule has 3 N–H and O–H groups in total. The molecule has 1 aliphatic carbocycles. The monoisotopic (exact) mass is 251 g/mol. The summed E-state index contributed by atoms with van der Waals surface area (Å²) in [5.74, 6) is -1.26. The molecule has 0 atom stereocenters. The van der Waals surface area contributed by atoms with E-state index >= 15 is 0 Å². The zero-order valence-corrected chi connectivity index (χ0v) is 9.74. The molecule has 0 amide bonds. The van der Waals surface area contributed by atoms with Gasteiger partial charge in [-0.15, -0.1) is 0 Å². The van der Waals surface area contributed by atoms with E-state index in [1.165, 1.54) is 0 Å². The smallest absolute Gasteiger partial charge is 0.306 e. The highest BCUT2D eigenvalue weighted by Gasteiger charge is 2.32. The molecule has 7 heteroatoms. The fraction of sp³-hybridized carbons (Fsp3) is 0.889. The summed E-state index contributed by atoms with van der Waals surface area (Å²) >= 11 is 0. The number of sulfonamides is 1. The molecule has 1 aliphatic rings. The Balaban J connectivity index is 2.50. The van der Waals surface area contributed by atoms with Gasteiger partial charge < -0.3 is 10.2 Å². The van der Waals surface area contributed by atoms with Crippen LogP contribution in [0.4, 0.5) is 0 Å². The predicted octanol–water partition coefficient (Wildman–Crippen LogP) is -0.458. The largest absolute Gasteiger partial charge is 0.481 e. The third-order valence-electron chi connectivity index (χ3n) is 2.88. The zero-order chi connectivity index (χ0) is 12.2. The quantitative estimate of drug-likeness (QED) is 0.613. The molecule has 1 fully saturated rings. The highest BCUT2D eigenvalue weighted by atomic mass is 32.2. The molecule has 16 heavy (non-hydrogen) atoms. The van der Waals surface area contributed by atoms with Crippen LogP contribution in [0.15, 0.2) is 0 Å². The van der Waals surface area contributed by atoms with E-state index in [1.807, 2.05) is 0 Å². The van der Waals surface area contributed by atoms with E-state index in [-0.39, 0.29) is 13.2 Å². The summed E-state index contributed by atoms with van der Waals surface area (Å²) in [6.45, 7) is -0.217. The van der Waals surface area contributed by atoms with Gasteiger partial charge in [0.25, 0.3) is 0 Å². The Morgan fingerprint density at radius 3 is 2.25 bits per heavy atom. The number of carboxylic acid groups (broad SMARTS) is 1. The summed E-state index contributed by atoms with van der Waals surface area (Å²) in [7, 11) is -3.40. The maximum Gasteiger partial charge on any atom is 0.306 e. The number of hydrogen-bond donors (Lipinski definition) is 3. The molecule has 0 aliphatic heterocycles. The van der Waals surface area contributed by atoms with Gasteiger partial charge in [-0.05, 0) is 25.7 Å². The van der Waals surface area contributed by atoms with Crippen LogP contribution in [0.5, 0.6) is 0 Å². The molecule has 0 bridgehead atoms. The SMILES string of the molecule is O=C(O)C1CCC(S(=O)(=O)NCCO)CC1. The van der Waals surface area contributed by atoms with Crippen LogP contribution >= 0.6 is 0 Å². The molecule has 1 rings (SSSR count). The molecule has 0 saturated heterocycles. The Hall–Kier alpha value is -0.660. The molecule has 0 aromatic heterocycles. The molecular weight excluding hydrogens is 234 g/mol. The molecule has 0 aromatic rings. The summed E-state index contributed by atoms with van der Waals surface area (Å²) < 4.78 is 25.6. The first kappa shape index (κ1) is 13.4. The van der Waals surface area contributed by atoms with Crippen molar-refractivity contribution in [2.24, 2.45) is 5.92 Å². The van der Waals surface area contributed by atoms with Crippen molar-refractivity contribution in [1.29, 1.82) is 0 Å². The van der Waals surface area contributed by atoms with Crippen molar-refractivity contribution in [2.45, 2.75) is 30.9 Å². The third-order valence-corrected chi connectivity index (χ3v) is 4.83. The summed E-state index contributed by atoms with van der Waals surface area (Å²) in [4.78, 5) is 10.7. The normalized spacial score (nSPS) is 26.6. The third kappa shape index (κ3) is 3.43. The minimum Gasteiger partial charge on any atom is -0.481 e. The first-order valence-corrected chi connectivity index (χ1v) is 6.84. The van der Waals surface area contributed by atoms with Crippen molar-refractivity contribution in [3.8, 4) is 0 Å². The summed E-state index contributed by atoms with van der Waals surface area (Å²) in [5.41, 5.74) is 0. The zero-order valence-electron chi connectivity index (χ0n) is 8.92. The number of carboxylic acids is 1. The first-order chi connectivity index (χ1) is 7.47. The van der Waals surface area contributed by atoms with Crippen LogP contribution in [0, 0.1) is 5.92 Å². The molecule has 0 unspecified atom stereocenters. The fourth-order valence-corrected chi connectivity index (χ4v) is 3.43. The summed E-state index contributed by atoms with van der Waals surface area (Å²) in [6, 6.07) is 0. The van der Waals surface area contributed by atoms with Gasteiger partial charge in [-0.25, -0.2) is 13.1 Å². The maximum absolute atomic E-state index is 11.7. The van der Waals surface area contributed by atoms with E-state index < -0.39 is 27.2 Å². The second-order valence-electron chi connectivity index (χ2n) is 3.97. The Bertz CT molecular complexity index is 332. The van der Waals surface area contributed by atoms with E-state index in [0.717, 1.165) is 0 Å². The van der Waals surface area contributed by atoms with Crippen molar-refractivity contribution in [3.63, 3.8) is 0 Å². The maximum atomic E-state index is 11.7. The lowest BCUT2D eigenvalue weighted by Crippen LogP contribution is -2.38. The predicted molar refractivity (Wildman–Crippen MR) is 57.4 cm³/mol. The molecule has 94 valence electrons. The van der Waals surface area contributed by atoms with Crippen molar-refractivity contribution < 1.29 is 23.4 Å². The van der Waals surface area contributed by atoms with Crippen LogP contribution in [0.25, 0.3) is 0 Å². The number of aliphatic carboxylic acids is 1. The topological polar surface area (TPSA) is 104 Å². The fourth-order valence-electron chi connectivity index (χ4n) is 1.93. The van der Waals surface area contributed by atoms with Crippen LogP contribution < -0.4 is 4.72 Å². The molecule has 0 aromatic carbocycles. The lowest BCUT2D eigenvalue weighted by Gasteiger charge is -2.25. The minimum absolute atomic E-state index is 0.0151. The molecule has 6 nitrogen and oxygen atoms in total. The molecular formula is C9H17NO5S. The van der Waals surface area contributed by atoms with E-state index in [1.54, 1.807) is 0 Å². The van der Waals surface area contributed by atoms with Crippen LogP contribution in [0.3, 0.4) is 0 Å². The van der Waals surface area contributed by atoms with E-state index in [2.05, 4.69) is 4.72 Å². The molecule has 0 radical (unpaired) electrons. The minimum atomic E-state index is -3.40. The standard InChI is InChI=1S/C9H17NO5S/c11-6-5-10-16(14,15)8-3-1-7(2-4-8)9(12)13/h7-8,10-11H,1-6H2,(H,12,13). The number of aliphatic hydroxyl groups is 1. The van der Waals surface area contributed by atoms with Crippen LogP contribution in [-0.2, 0) is 14.8 Å². The second-order valence-corrected chi connectivity index (χ2v) is 6.02. The summed E-state index contributed by atoms with van der Waals surface area (Å²) in [6.07, 6.45) is 1.55. The van der Waals surface area contributed by atoms with Crippen LogP contribution in [0.1, 0.15) is 25.7 Å². The highest BCUT2D eigenvalue weighted by Crippen LogP contribution is 2.28. The van der Waals surface area contributed by atoms with Gasteiger partial charge in [0.15, 0.2) is 0 Å². The van der Waals surface area contributed by atoms with Crippen molar-refractivity contribution in [1.82, 2.24) is 4.72 Å². The Morgan fingerprint density at radius 1 is 1.25 bits per heavy atom. The number of aliphatic hydroxyl groups excluding tert-OH is 1. The van der Waals surface area contributed by atoms with Crippen LogP contribution in [0.2, 0.25) is 0 Å². The molecule has 0 spiro atoms. The highest BCUT2D eigenvalue weighted by molar-refractivity contribution is 7.90. The van der Waals surface area contributed by atoms with Crippen molar-refractivity contribution in [3.05, 3.63) is 0 Å². The molecule has 0 heterocycles. The van der Waals surface area contributed by atoms with Gasteiger partial charge in [0.05, 0.1) is 17.8 Å². The van der Waals surface area contributed by atoms with Gasteiger partial charge in [-0.1, -0.05) is 0 Å². The van der Waals surface area contributed by atoms with Crippen molar-refractivity contribution in [2.75, 3.05) is 13.2 Å². The van der Waals surface area contributed by atoms with Crippen molar-refractivity contribution >= 4 is 16.0 Å². The number of hydrogen-bond acceptors (Lipinski definition) is 4. The number of rotatable bonds is 5. The number of nitrogens with one attached hydrogen (secondary N) is 1. The van der Waals surface area contributed by atoms with E-state index in [9.17, 15) is 13.2 Å². The second kappa shape index (κ2) is 5.60. The van der Waals surface area contributed by atoms with Gasteiger partial charge >= 0.3 is 5.97 Å². The van der Waals surface area contributed by atoms with Gasteiger partial charge in [0.2, 0.25) is 10.0 Å². The average Bonchev–Trinajstić information content (AvgIpc) is 2.26. The lowest BCUT2D eigenvalue weighted by atomic mass is 9.89. The Labute approximate surface area is 94.7 Å².